The van der Waals surface area contributed by atoms with Crippen LogP contribution in [0.4, 0.5) is 0 Å². The molecule has 0 aromatic heterocycles. The van der Waals surface area contributed by atoms with Crippen molar-refractivity contribution in [3.05, 3.63) is 0 Å². The fourth-order valence-electron chi connectivity index (χ4n) is 1.77. The van der Waals surface area contributed by atoms with E-state index in [4.69, 9.17) is 4.74 Å². The molecule has 16 heavy (non-hydrogen) atoms. The highest BCUT2D eigenvalue weighted by Gasteiger charge is 2.26. The van der Waals surface area contributed by atoms with Gasteiger partial charge in [-0.3, -0.25) is 9.69 Å². The van der Waals surface area contributed by atoms with Crippen LogP contribution in [0.2, 0.25) is 0 Å². The molecule has 1 rings (SSSR count). The first-order valence-electron chi connectivity index (χ1n) is 6.03. The lowest BCUT2D eigenvalue weighted by Crippen LogP contribution is -2.51. The molecule has 2 unspecified atom stereocenters. The minimum Gasteiger partial charge on any atom is -0.376 e. The van der Waals surface area contributed by atoms with E-state index in [0.717, 1.165) is 13.2 Å². The van der Waals surface area contributed by atoms with E-state index in [-0.39, 0.29) is 18.1 Å². The third-order valence-corrected chi connectivity index (χ3v) is 3.24. The first-order chi connectivity index (χ1) is 7.41. The van der Waals surface area contributed by atoms with Crippen molar-refractivity contribution in [1.82, 2.24) is 9.80 Å². The Bertz CT molecular complexity index is 243. The van der Waals surface area contributed by atoms with Gasteiger partial charge in [-0.25, -0.2) is 0 Å². The van der Waals surface area contributed by atoms with Crippen LogP contribution in [0.1, 0.15) is 27.7 Å². The SMILES string of the molecule is CC1CN(CC(=O)N(C)C(C)C)C(C)CO1. The Morgan fingerprint density at radius 3 is 2.69 bits per heavy atom. The van der Waals surface area contributed by atoms with Crippen LogP contribution < -0.4 is 0 Å². The minimum absolute atomic E-state index is 0.191. The molecule has 94 valence electrons. The van der Waals surface area contributed by atoms with Crippen LogP contribution in [0, 0.1) is 0 Å². The summed E-state index contributed by atoms with van der Waals surface area (Å²) in [5.74, 6) is 0.191. The summed E-state index contributed by atoms with van der Waals surface area (Å²) in [6.07, 6.45) is 0.230. The molecule has 0 saturated carbocycles. The lowest BCUT2D eigenvalue weighted by Gasteiger charge is -2.37. The van der Waals surface area contributed by atoms with Crippen LogP contribution in [-0.2, 0) is 9.53 Å². The fourth-order valence-corrected chi connectivity index (χ4v) is 1.77. The number of amides is 1. The van der Waals surface area contributed by atoms with Crippen molar-refractivity contribution in [3.8, 4) is 0 Å². The summed E-state index contributed by atoms with van der Waals surface area (Å²) in [5.41, 5.74) is 0. The van der Waals surface area contributed by atoms with Crippen LogP contribution >= 0.6 is 0 Å². The van der Waals surface area contributed by atoms with E-state index >= 15 is 0 Å². The van der Waals surface area contributed by atoms with E-state index in [0.29, 0.717) is 12.6 Å². The zero-order valence-electron chi connectivity index (χ0n) is 11.1. The van der Waals surface area contributed by atoms with Gasteiger partial charge >= 0.3 is 0 Å². The number of hydrogen-bond donors (Lipinski definition) is 0. The monoisotopic (exact) mass is 228 g/mol. The van der Waals surface area contributed by atoms with Crippen molar-refractivity contribution in [2.45, 2.75) is 45.9 Å². The van der Waals surface area contributed by atoms with Crippen molar-refractivity contribution in [1.29, 1.82) is 0 Å². The van der Waals surface area contributed by atoms with Gasteiger partial charge in [-0.15, -0.1) is 0 Å². The number of hydrogen-bond acceptors (Lipinski definition) is 3. The molecule has 0 spiro atoms. The van der Waals surface area contributed by atoms with E-state index in [9.17, 15) is 4.79 Å². The van der Waals surface area contributed by atoms with Gasteiger partial charge in [-0.2, -0.15) is 0 Å². The summed E-state index contributed by atoms with van der Waals surface area (Å²) in [6.45, 7) is 10.3. The molecule has 0 aromatic rings. The zero-order valence-corrected chi connectivity index (χ0v) is 11.1. The minimum atomic E-state index is 0.191. The number of ether oxygens (including phenoxy) is 1. The van der Waals surface area contributed by atoms with Gasteiger partial charge < -0.3 is 9.64 Å². The molecule has 0 aromatic carbocycles. The molecule has 1 amide bonds. The van der Waals surface area contributed by atoms with Gasteiger partial charge in [0, 0.05) is 25.7 Å². The van der Waals surface area contributed by atoms with Gasteiger partial charge in [0.1, 0.15) is 0 Å². The van der Waals surface area contributed by atoms with E-state index < -0.39 is 0 Å². The maximum absolute atomic E-state index is 11.9. The van der Waals surface area contributed by atoms with Crippen LogP contribution in [0.3, 0.4) is 0 Å². The standard InChI is InChI=1S/C12H24N2O2/c1-9(2)13(5)12(15)7-14-6-11(4)16-8-10(14)3/h9-11H,6-8H2,1-5H3. The predicted molar refractivity (Wildman–Crippen MR) is 64.4 cm³/mol. The van der Waals surface area contributed by atoms with Gasteiger partial charge in [0.25, 0.3) is 0 Å². The topological polar surface area (TPSA) is 32.8 Å². The summed E-state index contributed by atoms with van der Waals surface area (Å²) in [4.78, 5) is 16.0. The highest BCUT2D eigenvalue weighted by atomic mass is 16.5. The van der Waals surface area contributed by atoms with Gasteiger partial charge in [-0.05, 0) is 27.7 Å². The van der Waals surface area contributed by atoms with Crippen molar-refractivity contribution in [2.75, 3.05) is 26.7 Å². The largest absolute Gasteiger partial charge is 0.376 e. The Hall–Kier alpha value is -0.610. The number of carbonyl (C=O) groups is 1. The molecule has 0 aliphatic carbocycles. The van der Waals surface area contributed by atoms with E-state index in [1.807, 2.05) is 20.9 Å². The lowest BCUT2D eigenvalue weighted by atomic mass is 10.2. The third-order valence-electron chi connectivity index (χ3n) is 3.24. The Morgan fingerprint density at radius 1 is 1.50 bits per heavy atom. The highest BCUT2D eigenvalue weighted by Crippen LogP contribution is 2.11. The van der Waals surface area contributed by atoms with Crippen molar-refractivity contribution in [3.63, 3.8) is 0 Å². The van der Waals surface area contributed by atoms with Crippen LogP contribution in [-0.4, -0.2) is 60.6 Å². The molecule has 4 heteroatoms. The summed E-state index contributed by atoms with van der Waals surface area (Å²) in [6, 6.07) is 0.599. The Labute approximate surface area is 98.5 Å². The van der Waals surface area contributed by atoms with Gasteiger partial charge in [0.05, 0.1) is 19.3 Å². The molecule has 4 nitrogen and oxygen atoms in total. The van der Waals surface area contributed by atoms with Crippen LogP contribution in [0.5, 0.6) is 0 Å². The van der Waals surface area contributed by atoms with E-state index in [2.05, 4.69) is 18.7 Å². The summed E-state index contributed by atoms with van der Waals surface area (Å²) in [5, 5.41) is 0. The summed E-state index contributed by atoms with van der Waals surface area (Å²) >= 11 is 0. The van der Waals surface area contributed by atoms with Crippen molar-refractivity contribution in [2.24, 2.45) is 0 Å². The molecule has 1 aliphatic rings. The van der Waals surface area contributed by atoms with Crippen LogP contribution in [0.25, 0.3) is 0 Å². The third kappa shape index (κ3) is 3.46. The molecule has 1 saturated heterocycles. The van der Waals surface area contributed by atoms with E-state index in [1.54, 1.807) is 4.90 Å². The second-order valence-electron chi connectivity index (χ2n) is 5.02. The molecule has 1 fully saturated rings. The van der Waals surface area contributed by atoms with Crippen molar-refractivity contribution < 1.29 is 9.53 Å². The fraction of sp³-hybridized carbons (Fsp3) is 0.917. The normalized spacial score (nSPS) is 27.1. The quantitative estimate of drug-likeness (QED) is 0.721. The number of rotatable bonds is 3. The summed E-state index contributed by atoms with van der Waals surface area (Å²) < 4.78 is 5.54. The van der Waals surface area contributed by atoms with Gasteiger partial charge in [0.15, 0.2) is 0 Å². The Balaban J connectivity index is 2.49. The lowest BCUT2D eigenvalue weighted by molar-refractivity contribution is -0.136. The van der Waals surface area contributed by atoms with Gasteiger partial charge in [-0.1, -0.05) is 0 Å². The highest BCUT2D eigenvalue weighted by molar-refractivity contribution is 5.78. The molecule has 0 N–H and O–H groups in total. The van der Waals surface area contributed by atoms with Gasteiger partial charge in [0.2, 0.25) is 5.91 Å². The first-order valence-corrected chi connectivity index (χ1v) is 6.03. The molecule has 1 aliphatic heterocycles. The average Bonchev–Trinajstić information content (AvgIpc) is 2.22. The number of carbonyl (C=O) groups excluding carboxylic acids is 1. The Kier molecular flexibility index (Phi) is 4.74. The summed E-state index contributed by atoms with van der Waals surface area (Å²) in [7, 11) is 1.86. The molecular formula is C12H24N2O2. The number of morpholine rings is 1. The maximum atomic E-state index is 11.9. The Morgan fingerprint density at radius 2 is 2.12 bits per heavy atom. The van der Waals surface area contributed by atoms with Crippen LogP contribution in [0.15, 0.2) is 0 Å². The molecule has 0 radical (unpaired) electrons. The average molecular weight is 228 g/mol. The second-order valence-corrected chi connectivity index (χ2v) is 5.02. The van der Waals surface area contributed by atoms with E-state index in [1.165, 1.54) is 0 Å². The number of likely N-dealkylation sites (N-methyl/N-ethyl adjacent to an activating group) is 1. The molecule has 2 atom stereocenters. The maximum Gasteiger partial charge on any atom is 0.236 e. The molecular weight excluding hydrogens is 204 g/mol. The number of nitrogens with zero attached hydrogens (tertiary/aromatic N) is 2. The second kappa shape index (κ2) is 5.64. The smallest absolute Gasteiger partial charge is 0.236 e. The molecule has 0 bridgehead atoms. The molecule has 1 heterocycles. The first kappa shape index (κ1) is 13.5. The predicted octanol–water partition coefficient (Wildman–Crippen LogP) is 0.962. The zero-order chi connectivity index (χ0) is 12.3. The van der Waals surface area contributed by atoms with Crippen molar-refractivity contribution >= 4 is 5.91 Å².